The van der Waals surface area contributed by atoms with E-state index in [-0.39, 0.29) is 11.5 Å². The van der Waals surface area contributed by atoms with Crippen LogP contribution < -0.4 is 10.2 Å². The van der Waals surface area contributed by atoms with Crippen LogP contribution in [-0.4, -0.2) is 33.1 Å². The molecule has 1 aliphatic rings. The van der Waals surface area contributed by atoms with Gasteiger partial charge in [-0.15, -0.1) is 0 Å². The fourth-order valence-corrected chi connectivity index (χ4v) is 2.51. The van der Waals surface area contributed by atoms with Crippen molar-refractivity contribution in [2.24, 2.45) is 0 Å². The predicted octanol–water partition coefficient (Wildman–Crippen LogP) is 2.42. The molecule has 3 heterocycles. The predicted molar refractivity (Wildman–Crippen MR) is 79.3 cm³/mol. The van der Waals surface area contributed by atoms with Crippen molar-refractivity contribution in [3.63, 3.8) is 0 Å². The van der Waals surface area contributed by atoms with Crippen molar-refractivity contribution in [3.05, 3.63) is 28.3 Å². The van der Waals surface area contributed by atoms with E-state index in [1.807, 2.05) is 4.90 Å². The first-order valence-corrected chi connectivity index (χ1v) is 7.10. The molecule has 0 bridgehead atoms. The van der Waals surface area contributed by atoms with E-state index in [9.17, 15) is 10.1 Å². The van der Waals surface area contributed by atoms with Crippen molar-refractivity contribution in [3.8, 4) is 0 Å². The van der Waals surface area contributed by atoms with Crippen LogP contribution in [0.5, 0.6) is 0 Å². The molecule has 1 fully saturated rings. The molecule has 1 N–H and O–H groups in total. The van der Waals surface area contributed by atoms with Crippen LogP contribution in [0.3, 0.4) is 0 Å². The smallest absolute Gasteiger partial charge is 0.353 e. The lowest BCUT2D eigenvalue weighted by Gasteiger charge is -2.27. The number of nitrogens with one attached hydrogen (secondary N) is 1. The van der Waals surface area contributed by atoms with Crippen molar-refractivity contribution in [2.45, 2.75) is 26.2 Å². The van der Waals surface area contributed by atoms with Crippen molar-refractivity contribution < 1.29 is 9.45 Å². The lowest BCUT2D eigenvalue weighted by Crippen LogP contribution is -2.31. The summed E-state index contributed by atoms with van der Waals surface area (Å²) in [6, 6.07) is 1.65. The average molecular weight is 304 g/mol. The number of hydrogen-bond acceptors (Lipinski definition) is 8. The van der Waals surface area contributed by atoms with E-state index in [1.54, 1.807) is 13.0 Å². The van der Waals surface area contributed by atoms with Crippen LogP contribution in [0.2, 0.25) is 0 Å². The van der Waals surface area contributed by atoms with Gasteiger partial charge in [0.25, 0.3) is 0 Å². The molecule has 1 aliphatic heterocycles. The lowest BCUT2D eigenvalue weighted by molar-refractivity contribution is -0.383. The largest absolute Gasteiger partial charge is 0.360 e. The Morgan fingerprint density at radius 2 is 2.09 bits per heavy atom. The number of aryl methyl sites for hydroxylation is 1. The molecule has 22 heavy (non-hydrogen) atoms. The number of anilines is 3. The van der Waals surface area contributed by atoms with Gasteiger partial charge in [-0.25, -0.2) is 9.97 Å². The first kappa shape index (κ1) is 14.2. The Morgan fingerprint density at radius 3 is 2.73 bits per heavy atom. The number of aromatic nitrogens is 3. The number of piperidine rings is 1. The van der Waals surface area contributed by atoms with Crippen molar-refractivity contribution in [1.82, 2.24) is 15.1 Å². The Kier molecular flexibility index (Phi) is 3.86. The molecule has 2 aromatic rings. The van der Waals surface area contributed by atoms with Gasteiger partial charge in [0.2, 0.25) is 11.6 Å². The molecule has 0 saturated carbocycles. The first-order chi connectivity index (χ1) is 10.6. The molecule has 0 aromatic carbocycles. The van der Waals surface area contributed by atoms with Gasteiger partial charge in [-0.2, -0.15) is 0 Å². The van der Waals surface area contributed by atoms with Gasteiger partial charge in [0.1, 0.15) is 12.1 Å². The summed E-state index contributed by atoms with van der Waals surface area (Å²) in [5.41, 5.74) is -0.134. The highest BCUT2D eigenvalue weighted by atomic mass is 16.6. The zero-order valence-electron chi connectivity index (χ0n) is 12.2. The third kappa shape index (κ3) is 2.83. The van der Waals surface area contributed by atoms with E-state index < -0.39 is 4.92 Å². The van der Waals surface area contributed by atoms with Gasteiger partial charge in [-0.3, -0.25) is 10.1 Å². The summed E-state index contributed by atoms with van der Waals surface area (Å²) in [6.45, 7) is 3.27. The van der Waals surface area contributed by atoms with Crippen molar-refractivity contribution in [2.75, 3.05) is 23.3 Å². The molecule has 3 rings (SSSR count). The second kappa shape index (κ2) is 5.96. The van der Waals surface area contributed by atoms with Crippen molar-refractivity contribution in [1.29, 1.82) is 0 Å². The highest BCUT2D eigenvalue weighted by molar-refractivity contribution is 5.73. The third-order valence-corrected chi connectivity index (χ3v) is 3.52. The van der Waals surface area contributed by atoms with Gasteiger partial charge in [0.05, 0.1) is 4.92 Å². The molecule has 2 aromatic heterocycles. The minimum Gasteiger partial charge on any atom is -0.360 e. The van der Waals surface area contributed by atoms with Gasteiger partial charge in [0.15, 0.2) is 5.82 Å². The molecule has 1 saturated heterocycles. The maximum atomic E-state index is 11.5. The summed E-state index contributed by atoms with van der Waals surface area (Å²) in [6.07, 6.45) is 4.48. The number of rotatable bonds is 4. The lowest BCUT2D eigenvalue weighted by atomic mass is 10.1. The zero-order valence-corrected chi connectivity index (χ0v) is 12.2. The molecule has 0 radical (unpaired) electrons. The zero-order chi connectivity index (χ0) is 15.5. The van der Waals surface area contributed by atoms with Crippen LogP contribution in [0.4, 0.5) is 23.1 Å². The van der Waals surface area contributed by atoms with Crippen LogP contribution in [0.1, 0.15) is 25.0 Å². The molecular formula is C13H16N6O3. The Balaban J connectivity index is 1.96. The van der Waals surface area contributed by atoms with Gasteiger partial charge in [-0.05, 0) is 26.2 Å². The Bertz CT molecular complexity index is 680. The fourth-order valence-electron chi connectivity index (χ4n) is 2.51. The second-order valence-electron chi connectivity index (χ2n) is 5.15. The molecule has 116 valence electrons. The summed E-state index contributed by atoms with van der Waals surface area (Å²) >= 11 is 0. The van der Waals surface area contributed by atoms with Gasteiger partial charge in [-0.1, -0.05) is 5.16 Å². The Morgan fingerprint density at radius 1 is 1.32 bits per heavy atom. The number of nitro groups is 1. The average Bonchev–Trinajstić information content (AvgIpc) is 2.93. The maximum Gasteiger partial charge on any atom is 0.353 e. The summed E-state index contributed by atoms with van der Waals surface area (Å²) in [7, 11) is 0. The Labute approximate surface area is 126 Å². The van der Waals surface area contributed by atoms with Crippen LogP contribution in [0, 0.1) is 17.0 Å². The van der Waals surface area contributed by atoms with Gasteiger partial charge in [0, 0.05) is 19.2 Å². The maximum absolute atomic E-state index is 11.5. The quantitative estimate of drug-likeness (QED) is 0.677. The molecule has 9 nitrogen and oxygen atoms in total. The van der Waals surface area contributed by atoms with Crippen LogP contribution in [-0.2, 0) is 0 Å². The van der Waals surface area contributed by atoms with Crippen molar-refractivity contribution >= 4 is 23.1 Å². The second-order valence-corrected chi connectivity index (χ2v) is 5.15. The fraction of sp³-hybridized carbons (Fsp3) is 0.462. The standard InChI is InChI=1S/C13H16N6O3/c1-9-7-10(17-22-9)16-12-11(19(20)21)13(15-8-14-12)18-5-3-2-4-6-18/h7-8H,2-6H2,1H3,(H,14,15,16,17). The van der Waals surface area contributed by atoms with E-state index in [2.05, 4.69) is 20.4 Å². The van der Waals surface area contributed by atoms with Gasteiger partial charge < -0.3 is 14.7 Å². The van der Waals surface area contributed by atoms with E-state index in [1.165, 1.54) is 6.33 Å². The highest BCUT2D eigenvalue weighted by Crippen LogP contribution is 2.34. The Hall–Kier alpha value is -2.71. The van der Waals surface area contributed by atoms with Crippen LogP contribution in [0.15, 0.2) is 16.9 Å². The highest BCUT2D eigenvalue weighted by Gasteiger charge is 2.28. The molecular weight excluding hydrogens is 288 g/mol. The van der Waals surface area contributed by atoms with E-state index in [4.69, 9.17) is 4.52 Å². The normalized spacial score (nSPS) is 14.9. The monoisotopic (exact) mass is 304 g/mol. The molecule has 0 amide bonds. The summed E-state index contributed by atoms with van der Waals surface area (Å²) < 4.78 is 4.95. The van der Waals surface area contributed by atoms with E-state index in [0.717, 1.165) is 32.4 Å². The van der Waals surface area contributed by atoms with Crippen LogP contribution >= 0.6 is 0 Å². The third-order valence-electron chi connectivity index (χ3n) is 3.52. The topological polar surface area (TPSA) is 110 Å². The molecule has 0 atom stereocenters. The molecule has 9 heteroatoms. The molecule has 0 aliphatic carbocycles. The van der Waals surface area contributed by atoms with Gasteiger partial charge >= 0.3 is 5.69 Å². The SMILES string of the molecule is Cc1cc(Nc2ncnc(N3CCCCC3)c2[N+](=O)[O-])no1. The molecule has 0 unspecified atom stereocenters. The van der Waals surface area contributed by atoms with E-state index in [0.29, 0.717) is 17.4 Å². The van der Waals surface area contributed by atoms with E-state index >= 15 is 0 Å². The minimum atomic E-state index is -0.459. The first-order valence-electron chi connectivity index (χ1n) is 7.10. The summed E-state index contributed by atoms with van der Waals surface area (Å²) in [4.78, 5) is 21.1. The number of nitrogens with zero attached hydrogens (tertiary/aromatic N) is 5. The summed E-state index contributed by atoms with van der Waals surface area (Å²) in [5.74, 6) is 1.45. The number of hydrogen-bond donors (Lipinski definition) is 1. The molecule has 0 spiro atoms. The summed E-state index contributed by atoms with van der Waals surface area (Å²) in [5, 5.41) is 18.1. The minimum absolute atomic E-state index is 0.119. The van der Waals surface area contributed by atoms with Crippen LogP contribution in [0.25, 0.3) is 0 Å².